The summed E-state index contributed by atoms with van der Waals surface area (Å²) < 4.78 is 0. The molecule has 1 aliphatic rings. The van der Waals surface area contributed by atoms with Crippen molar-refractivity contribution >= 4 is 14.7 Å². The molecule has 2 aromatic rings. The van der Waals surface area contributed by atoms with Crippen LogP contribution in [-0.2, 0) is 6.42 Å². The van der Waals surface area contributed by atoms with Crippen LogP contribution in [-0.4, -0.2) is 9.52 Å². The predicted octanol–water partition coefficient (Wildman–Crippen LogP) is 4.89. The Balaban J connectivity index is 1.72. The monoisotopic (exact) mass is 332 g/mol. The Kier molecular flexibility index (Phi) is 6.25. The maximum absolute atomic E-state index is 2.55. The van der Waals surface area contributed by atoms with Crippen molar-refractivity contribution in [1.82, 2.24) is 0 Å². The van der Waals surface area contributed by atoms with Crippen molar-refractivity contribution in [3.63, 3.8) is 0 Å². The van der Waals surface area contributed by atoms with Gasteiger partial charge in [0.1, 0.15) is 0 Å². The molecule has 0 saturated heterocycles. The molecule has 0 amide bonds. The first kappa shape index (κ1) is 17.0. The van der Waals surface area contributed by atoms with Gasteiger partial charge in [-0.25, -0.2) is 0 Å². The van der Waals surface area contributed by atoms with Crippen molar-refractivity contribution in [2.75, 3.05) is 0 Å². The number of benzene rings is 2. The molecule has 0 N–H and O–H groups in total. The van der Waals surface area contributed by atoms with E-state index in [2.05, 4.69) is 73.7 Å². The maximum atomic E-state index is 2.55. The topological polar surface area (TPSA) is 0 Å². The number of rotatable bonds is 8. The molecule has 2 aromatic carbocycles. The molecule has 0 atom stereocenters. The van der Waals surface area contributed by atoms with E-state index in [0.29, 0.717) is 0 Å². The first-order chi connectivity index (χ1) is 11.8. The van der Waals surface area contributed by atoms with E-state index in [9.17, 15) is 0 Å². The van der Waals surface area contributed by atoms with Gasteiger partial charge in [-0.3, -0.25) is 0 Å². The van der Waals surface area contributed by atoms with E-state index in [1.165, 1.54) is 37.7 Å². The summed E-state index contributed by atoms with van der Waals surface area (Å²) in [5, 5.41) is 3.29. The van der Waals surface area contributed by atoms with Crippen LogP contribution in [0.1, 0.15) is 44.6 Å². The average molecular weight is 333 g/mol. The fourth-order valence-electron chi connectivity index (χ4n) is 3.59. The van der Waals surface area contributed by atoms with Gasteiger partial charge in [0, 0.05) is 0 Å². The van der Waals surface area contributed by atoms with E-state index in [1.807, 2.05) is 0 Å². The molecule has 1 aliphatic carbocycles. The minimum Gasteiger partial charge on any atom is -0.0783 e. The molecule has 0 bridgehead atoms. The third-order valence-electron chi connectivity index (χ3n) is 4.87. The molecule has 0 nitrogen and oxygen atoms in total. The van der Waals surface area contributed by atoms with Crippen molar-refractivity contribution in [2.24, 2.45) is 0 Å². The lowest BCUT2D eigenvalue weighted by atomic mass is 9.98. The highest BCUT2D eigenvalue weighted by molar-refractivity contribution is 6.61. The van der Waals surface area contributed by atoms with Crippen LogP contribution in [0.5, 0.6) is 0 Å². The number of hydrogen-bond donors (Lipinski definition) is 0. The lowest BCUT2D eigenvalue weighted by Gasteiger charge is -2.08. The molecule has 1 heteroatoms. The molecule has 0 saturated carbocycles. The molecule has 24 heavy (non-hydrogen) atoms. The number of hydrogen-bond acceptors (Lipinski definition) is 0. The Hall–Kier alpha value is -1.86. The molecule has 0 unspecified atom stereocenters. The summed E-state index contributed by atoms with van der Waals surface area (Å²) in [4.78, 5) is 0. The van der Waals surface area contributed by atoms with Gasteiger partial charge in [0.05, 0.1) is 9.52 Å². The van der Waals surface area contributed by atoms with Crippen LogP contribution in [0, 0.1) is 0 Å². The molecular formula is C23H28Si. The SMILES string of the molecule is CCCCCC1=C(Cc2ccccc2)C=C([SiH2]c2ccccc2)C1. The van der Waals surface area contributed by atoms with Gasteiger partial charge in [0.2, 0.25) is 0 Å². The summed E-state index contributed by atoms with van der Waals surface area (Å²) in [6.45, 7) is 2.29. The minimum atomic E-state index is -0.297. The average Bonchev–Trinajstić information content (AvgIpc) is 2.98. The standard InChI is InChI=1S/C23H28Si/c1-2-3-6-13-20-17-23(24-22-14-9-5-10-15-22)18-21(20)16-19-11-7-4-8-12-19/h4-5,7-12,14-15,18H,2-3,6,13,16-17,24H2,1H3. The van der Waals surface area contributed by atoms with Gasteiger partial charge in [-0.15, -0.1) is 0 Å². The predicted molar refractivity (Wildman–Crippen MR) is 109 cm³/mol. The summed E-state index contributed by atoms with van der Waals surface area (Å²) in [6.07, 6.45) is 10.2. The second kappa shape index (κ2) is 8.84. The zero-order chi connectivity index (χ0) is 16.6. The summed E-state index contributed by atoms with van der Waals surface area (Å²) in [5.74, 6) is 0. The fourth-order valence-corrected chi connectivity index (χ4v) is 5.40. The maximum Gasteiger partial charge on any atom is 0.0828 e. The Morgan fingerprint density at radius 3 is 2.29 bits per heavy atom. The van der Waals surface area contributed by atoms with E-state index in [-0.39, 0.29) is 9.52 Å². The van der Waals surface area contributed by atoms with Gasteiger partial charge in [-0.1, -0.05) is 102 Å². The molecule has 0 fully saturated rings. The first-order valence-corrected chi connectivity index (χ1v) is 10.7. The van der Waals surface area contributed by atoms with Crippen LogP contribution in [0.25, 0.3) is 0 Å². The lowest BCUT2D eigenvalue weighted by Crippen LogP contribution is -2.15. The molecule has 124 valence electrons. The summed E-state index contributed by atoms with van der Waals surface area (Å²) in [5.41, 5.74) is 4.76. The highest BCUT2D eigenvalue weighted by atomic mass is 28.2. The van der Waals surface area contributed by atoms with Gasteiger partial charge in [0.25, 0.3) is 0 Å². The molecule has 0 spiro atoms. The van der Waals surface area contributed by atoms with E-state index < -0.39 is 0 Å². The third-order valence-corrected chi connectivity index (χ3v) is 6.65. The summed E-state index contributed by atoms with van der Waals surface area (Å²) in [6, 6.07) is 22.0. The van der Waals surface area contributed by atoms with Crippen LogP contribution >= 0.6 is 0 Å². The molecule has 0 heterocycles. The van der Waals surface area contributed by atoms with Crippen LogP contribution < -0.4 is 5.19 Å². The Morgan fingerprint density at radius 1 is 0.875 bits per heavy atom. The van der Waals surface area contributed by atoms with Crippen LogP contribution in [0.3, 0.4) is 0 Å². The Bertz CT molecular complexity index is 695. The second-order valence-electron chi connectivity index (χ2n) is 6.89. The second-order valence-corrected chi connectivity index (χ2v) is 8.97. The van der Waals surface area contributed by atoms with Gasteiger partial charge in [-0.05, 0) is 36.8 Å². The van der Waals surface area contributed by atoms with Crippen molar-refractivity contribution in [3.8, 4) is 0 Å². The van der Waals surface area contributed by atoms with Crippen molar-refractivity contribution in [3.05, 3.63) is 88.6 Å². The van der Waals surface area contributed by atoms with Gasteiger partial charge < -0.3 is 0 Å². The van der Waals surface area contributed by atoms with Gasteiger partial charge in [0.15, 0.2) is 0 Å². The summed E-state index contributed by atoms with van der Waals surface area (Å²) in [7, 11) is -0.297. The Labute approximate surface area is 149 Å². The Morgan fingerprint density at radius 2 is 1.58 bits per heavy atom. The number of unbranched alkanes of at least 4 members (excludes halogenated alkanes) is 2. The number of allylic oxidation sites excluding steroid dienone is 4. The fraction of sp³-hybridized carbons (Fsp3) is 0.304. The van der Waals surface area contributed by atoms with Crippen LogP contribution in [0.15, 0.2) is 83.1 Å². The largest absolute Gasteiger partial charge is 0.0828 e. The van der Waals surface area contributed by atoms with Crippen LogP contribution in [0.4, 0.5) is 0 Å². The van der Waals surface area contributed by atoms with E-state index in [0.717, 1.165) is 6.42 Å². The lowest BCUT2D eigenvalue weighted by molar-refractivity contribution is 0.705. The van der Waals surface area contributed by atoms with Gasteiger partial charge >= 0.3 is 0 Å². The zero-order valence-corrected chi connectivity index (χ0v) is 16.2. The molecule has 0 radical (unpaired) electrons. The highest BCUT2D eigenvalue weighted by Crippen LogP contribution is 2.31. The first-order valence-electron chi connectivity index (χ1n) is 9.33. The van der Waals surface area contributed by atoms with E-state index in [4.69, 9.17) is 0 Å². The van der Waals surface area contributed by atoms with Crippen molar-refractivity contribution in [2.45, 2.75) is 45.4 Å². The zero-order valence-electron chi connectivity index (χ0n) is 14.8. The third kappa shape index (κ3) is 4.81. The van der Waals surface area contributed by atoms with E-state index >= 15 is 0 Å². The van der Waals surface area contributed by atoms with Crippen LogP contribution in [0.2, 0.25) is 0 Å². The highest BCUT2D eigenvalue weighted by Gasteiger charge is 2.16. The van der Waals surface area contributed by atoms with Crippen molar-refractivity contribution < 1.29 is 0 Å². The molecule has 0 aliphatic heterocycles. The van der Waals surface area contributed by atoms with Crippen molar-refractivity contribution in [1.29, 1.82) is 0 Å². The summed E-state index contributed by atoms with van der Waals surface area (Å²) >= 11 is 0. The van der Waals surface area contributed by atoms with Gasteiger partial charge in [-0.2, -0.15) is 0 Å². The van der Waals surface area contributed by atoms with E-state index in [1.54, 1.807) is 21.5 Å². The molecular weight excluding hydrogens is 304 g/mol. The smallest absolute Gasteiger partial charge is 0.0783 e. The quantitative estimate of drug-likeness (QED) is 0.477. The molecule has 0 aromatic heterocycles. The molecule has 3 rings (SSSR count). The normalized spacial score (nSPS) is 14.6. The minimum absolute atomic E-state index is 0.297.